The predicted octanol–water partition coefficient (Wildman–Crippen LogP) is 0.275. The topological polar surface area (TPSA) is 17.1 Å². The number of rotatable bonds is 1. The van der Waals surface area contributed by atoms with E-state index in [4.69, 9.17) is 4.79 Å². The molecule has 0 aliphatic rings. The van der Waals surface area contributed by atoms with Crippen LogP contribution in [0.25, 0.3) is 0 Å². The SMILES string of the molecule is C=C[C-]=O.[Cu].[Ni].[Ni]. The fourth-order valence-corrected chi connectivity index (χ4v) is 0. The minimum absolute atomic E-state index is 0. The van der Waals surface area contributed by atoms with Crippen molar-refractivity contribution >= 4 is 6.29 Å². The van der Waals surface area contributed by atoms with Gasteiger partial charge in [-0.05, 0) is 6.29 Å². The van der Waals surface area contributed by atoms with E-state index >= 15 is 0 Å². The van der Waals surface area contributed by atoms with Crippen molar-refractivity contribution in [2.45, 2.75) is 0 Å². The Hall–Kier alpha value is 0.916. The molecule has 0 heterocycles. The van der Waals surface area contributed by atoms with E-state index in [1.54, 1.807) is 0 Å². The predicted molar refractivity (Wildman–Crippen MR) is 15.9 cm³/mol. The van der Waals surface area contributed by atoms with E-state index in [1.807, 2.05) is 0 Å². The first-order valence-electron chi connectivity index (χ1n) is 0.901. The molecule has 0 unspecified atom stereocenters. The molecule has 0 amide bonds. The van der Waals surface area contributed by atoms with Gasteiger partial charge in [0.05, 0.1) is 0 Å². The molecule has 0 aliphatic carbocycles. The van der Waals surface area contributed by atoms with Gasteiger partial charge in [-0.2, -0.15) is 0 Å². The van der Waals surface area contributed by atoms with Crippen LogP contribution in [0, 0.1) is 0 Å². The maximum Gasteiger partial charge on any atom is 0 e. The summed E-state index contributed by atoms with van der Waals surface area (Å²) in [6.45, 7) is 3.06. The van der Waals surface area contributed by atoms with Crippen LogP contribution in [-0.2, 0) is 54.8 Å². The zero-order valence-electron chi connectivity index (χ0n) is 3.13. The number of allylic oxidation sites excluding steroid dienone is 1. The van der Waals surface area contributed by atoms with Crippen LogP contribution in [0.5, 0.6) is 0 Å². The van der Waals surface area contributed by atoms with E-state index in [0.29, 0.717) is 0 Å². The van der Waals surface area contributed by atoms with Crippen LogP contribution < -0.4 is 0 Å². The van der Waals surface area contributed by atoms with Crippen LogP contribution in [0.15, 0.2) is 12.7 Å². The van der Waals surface area contributed by atoms with Crippen LogP contribution in [0.3, 0.4) is 0 Å². The fourth-order valence-electron chi connectivity index (χ4n) is 0. The van der Waals surface area contributed by atoms with Crippen LogP contribution in [0.1, 0.15) is 0 Å². The molecule has 53 valence electrons. The van der Waals surface area contributed by atoms with E-state index in [9.17, 15) is 0 Å². The fraction of sp³-hybridized carbons (Fsp3) is 0. The Morgan fingerprint density at radius 1 is 1.43 bits per heavy atom. The first kappa shape index (κ1) is 24.7. The molecule has 1 nitrogen and oxygen atoms in total. The zero-order chi connectivity index (χ0) is 3.41. The molecule has 0 spiro atoms. The van der Waals surface area contributed by atoms with Crippen molar-refractivity contribution in [3.8, 4) is 0 Å². The summed E-state index contributed by atoms with van der Waals surface area (Å²) in [5.74, 6) is 0. The van der Waals surface area contributed by atoms with Gasteiger partial charge >= 0.3 is 0 Å². The number of carbonyl (C=O) groups excluding carboxylic acids is 1. The average Bonchev–Trinajstić information content (AvgIpc) is 1.37. The Labute approximate surface area is 73.6 Å². The molecule has 0 atom stereocenters. The monoisotopic (exact) mass is 234 g/mol. The third kappa shape index (κ3) is 45.5. The molecule has 0 saturated carbocycles. The van der Waals surface area contributed by atoms with Crippen LogP contribution in [-0.4, -0.2) is 6.29 Å². The van der Waals surface area contributed by atoms with Crippen molar-refractivity contribution in [2.75, 3.05) is 0 Å². The summed E-state index contributed by atoms with van der Waals surface area (Å²) in [5, 5.41) is 0. The normalized spacial score (nSPS) is 2.86. The first-order chi connectivity index (χ1) is 1.91. The molecular weight excluding hydrogens is 233 g/mol. The Balaban J connectivity index is -0.0000000150. The second kappa shape index (κ2) is 28.5. The molecule has 0 aromatic heterocycles. The molecule has 0 aromatic carbocycles. The van der Waals surface area contributed by atoms with Crippen LogP contribution in [0.2, 0.25) is 0 Å². The molecular formula is C3H3CuNi2O-. The van der Waals surface area contributed by atoms with Gasteiger partial charge in [-0.15, -0.1) is 0 Å². The smallest absolute Gasteiger partial charge is 0 e. The molecule has 0 bridgehead atoms. The molecule has 7 heavy (non-hydrogen) atoms. The van der Waals surface area contributed by atoms with Gasteiger partial charge in [-0.1, -0.05) is 0 Å². The van der Waals surface area contributed by atoms with Gasteiger partial charge in [-0.25, -0.2) is 12.7 Å². The van der Waals surface area contributed by atoms with Crippen molar-refractivity contribution in [1.82, 2.24) is 0 Å². The number of hydrogen-bond donors (Lipinski definition) is 0. The minimum Gasteiger partial charge on any atom is -0.419 e. The van der Waals surface area contributed by atoms with Gasteiger partial charge in [0.15, 0.2) is 0 Å². The second-order valence-electron chi connectivity index (χ2n) is 0.322. The zero-order valence-corrected chi connectivity index (χ0v) is 6.04. The van der Waals surface area contributed by atoms with Gasteiger partial charge in [0.1, 0.15) is 0 Å². The molecule has 0 aliphatic heterocycles. The van der Waals surface area contributed by atoms with Crippen molar-refractivity contribution in [3.05, 3.63) is 12.7 Å². The van der Waals surface area contributed by atoms with Crippen molar-refractivity contribution in [2.24, 2.45) is 0 Å². The quantitative estimate of drug-likeness (QED) is 0.363. The molecule has 0 saturated heterocycles. The van der Waals surface area contributed by atoms with Crippen molar-refractivity contribution in [3.63, 3.8) is 0 Å². The van der Waals surface area contributed by atoms with E-state index in [0.717, 1.165) is 6.08 Å². The summed E-state index contributed by atoms with van der Waals surface area (Å²) < 4.78 is 0. The molecule has 0 rings (SSSR count). The summed E-state index contributed by atoms with van der Waals surface area (Å²) in [7, 11) is 0. The third-order valence-electron chi connectivity index (χ3n) is 0.0833. The third-order valence-corrected chi connectivity index (χ3v) is 0.0833. The summed E-state index contributed by atoms with van der Waals surface area (Å²) >= 11 is 0. The van der Waals surface area contributed by atoms with Gasteiger partial charge in [0.25, 0.3) is 0 Å². The van der Waals surface area contributed by atoms with Gasteiger partial charge < -0.3 is 4.79 Å². The maximum atomic E-state index is 8.93. The first-order valence-corrected chi connectivity index (χ1v) is 0.901. The van der Waals surface area contributed by atoms with Gasteiger partial charge in [-0.3, -0.25) is 0 Å². The molecule has 0 N–H and O–H groups in total. The molecule has 0 fully saturated rings. The second-order valence-corrected chi connectivity index (χ2v) is 0.322. The standard InChI is InChI=1S/C3H3O.Cu.2Ni/c1-2-3-4;;;/h2H,1H2;;;/q-1;;;. The van der Waals surface area contributed by atoms with Crippen molar-refractivity contribution < 1.29 is 54.8 Å². The van der Waals surface area contributed by atoms with Crippen molar-refractivity contribution in [1.29, 1.82) is 0 Å². The Morgan fingerprint density at radius 3 is 1.57 bits per heavy atom. The molecule has 0 aromatic rings. The summed E-state index contributed by atoms with van der Waals surface area (Å²) in [6, 6.07) is 0. The Morgan fingerprint density at radius 2 is 1.57 bits per heavy atom. The maximum absolute atomic E-state index is 8.93. The summed E-state index contributed by atoms with van der Waals surface area (Å²) in [5.41, 5.74) is 0. The van der Waals surface area contributed by atoms with Gasteiger partial charge in [0.2, 0.25) is 0 Å². The van der Waals surface area contributed by atoms with E-state index in [2.05, 4.69) is 6.58 Å². The van der Waals surface area contributed by atoms with E-state index < -0.39 is 0 Å². The largest absolute Gasteiger partial charge is 0.419 e. The molecule has 4 heteroatoms. The van der Waals surface area contributed by atoms with E-state index in [-0.39, 0.29) is 50.1 Å². The van der Waals surface area contributed by atoms with Gasteiger partial charge in [0, 0.05) is 50.1 Å². The Kier molecular flexibility index (Phi) is 100. The Bertz CT molecular complexity index is 33.9. The number of hydrogen-bond acceptors (Lipinski definition) is 1. The molecule has 1 radical (unpaired) electrons. The average molecular weight is 236 g/mol. The summed E-state index contributed by atoms with van der Waals surface area (Å²) in [6.07, 6.45) is 2.51. The van der Waals surface area contributed by atoms with Crippen LogP contribution in [0.4, 0.5) is 0 Å². The minimum atomic E-state index is 0. The summed E-state index contributed by atoms with van der Waals surface area (Å²) in [4.78, 5) is 8.93. The van der Waals surface area contributed by atoms with Crippen LogP contribution >= 0.6 is 0 Å². The van der Waals surface area contributed by atoms with E-state index in [1.165, 1.54) is 6.29 Å².